The normalized spacial score (nSPS) is 22.9. The molecule has 0 aliphatic carbocycles. The number of nitrogens with zero attached hydrogens (tertiary/aromatic N) is 2. The Hall–Kier alpha value is -0.870. The van der Waals surface area contributed by atoms with Gasteiger partial charge in [-0.3, -0.25) is 4.90 Å². The Balaban J connectivity index is 1.88. The van der Waals surface area contributed by atoms with Gasteiger partial charge in [0.2, 0.25) is 0 Å². The monoisotopic (exact) mass is 237 g/mol. The van der Waals surface area contributed by atoms with Gasteiger partial charge >= 0.3 is 0 Å². The fourth-order valence-electron chi connectivity index (χ4n) is 2.50. The van der Waals surface area contributed by atoms with Gasteiger partial charge in [-0.2, -0.15) is 0 Å². The molecule has 0 saturated carbocycles. The molecule has 1 atom stereocenters. The van der Waals surface area contributed by atoms with E-state index in [9.17, 15) is 0 Å². The van der Waals surface area contributed by atoms with Crippen molar-refractivity contribution in [3.8, 4) is 0 Å². The van der Waals surface area contributed by atoms with E-state index in [1.54, 1.807) is 6.26 Å². The van der Waals surface area contributed by atoms with Gasteiger partial charge in [0.25, 0.3) is 0 Å². The topological polar surface area (TPSA) is 41.3 Å². The van der Waals surface area contributed by atoms with Crippen LogP contribution in [0.25, 0.3) is 0 Å². The Morgan fingerprint density at radius 3 is 3.18 bits per heavy atom. The van der Waals surface area contributed by atoms with Crippen molar-refractivity contribution in [3.05, 3.63) is 18.0 Å². The van der Waals surface area contributed by atoms with E-state index in [2.05, 4.69) is 29.2 Å². The summed E-state index contributed by atoms with van der Waals surface area (Å²) >= 11 is 0. The smallest absolute Gasteiger partial charge is 0.124 e. The van der Waals surface area contributed by atoms with Crippen molar-refractivity contribution in [1.29, 1.82) is 0 Å². The van der Waals surface area contributed by atoms with Crippen LogP contribution in [-0.4, -0.2) is 35.7 Å². The van der Waals surface area contributed by atoms with Crippen LogP contribution in [0, 0.1) is 5.92 Å². The van der Waals surface area contributed by atoms with E-state index in [1.807, 2.05) is 6.07 Å². The standard InChI is InChI=1S/C13H23N3O/c1-11(2)8-13-10-16(6-3-5-14-13)9-12-4-7-17-15-12/h4,7,11,13-14H,3,5-6,8-10H2,1-2H3. The summed E-state index contributed by atoms with van der Waals surface area (Å²) in [4.78, 5) is 2.48. The maximum absolute atomic E-state index is 4.89. The highest BCUT2D eigenvalue weighted by Crippen LogP contribution is 2.11. The Morgan fingerprint density at radius 1 is 1.59 bits per heavy atom. The lowest BCUT2D eigenvalue weighted by Gasteiger charge is -2.24. The Labute approximate surface area is 103 Å². The van der Waals surface area contributed by atoms with Crippen molar-refractivity contribution in [2.75, 3.05) is 19.6 Å². The van der Waals surface area contributed by atoms with Crippen molar-refractivity contribution < 1.29 is 4.52 Å². The molecule has 1 N–H and O–H groups in total. The lowest BCUT2D eigenvalue weighted by molar-refractivity contribution is 0.240. The van der Waals surface area contributed by atoms with Gasteiger partial charge in [0.1, 0.15) is 6.26 Å². The van der Waals surface area contributed by atoms with Crippen LogP contribution in [0.5, 0.6) is 0 Å². The molecule has 96 valence electrons. The minimum Gasteiger partial charge on any atom is -0.364 e. The first-order valence-electron chi connectivity index (χ1n) is 6.59. The van der Waals surface area contributed by atoms with Gasteiger partial charge in [-0.1, -0.05) is 19.0 Å². The molecule has 0 bridgehead atoms. The fourth-order valence-corrected chi connectivity index (χ4v) is 2.50. The summed E-state index contributed by atoms with van der Waals surface area (Å²) in [6, 6.07) is 2.57. The molecule has 17 heavy (non-hydrogen) atoms. The van der Waals surface area contributed by atoms with Gasteiger partial charge in [-0.15, -0.1) is 0 Å². The van der Waals surface area contributed by atoms with Gasteiger partial charge in [0.15, 0.2) is 0 Å². The minimum absolute atomic E-state index is 0.615. The zero-order valence-electron chi connectivity index (χ0n) is 10.9. The molecule has 0 amide bonds. The zero-order valence-corrected chi connectivity index (χ0v) is 10.9. The van der Waals surface area contributed by atoms with Crippen LogP contribution in [0.3, 0.4) is 0 Å². The molecule has 1 aliphatic heterocycles. The van der Waals surface area contributed by atoms with Crippen molar-refractivity contribution in [1.82, 2.24) is 15.4 Å². The predicted molar refractivity (Wildman–Crippen MR) is 67.6 cm³/mol. The Bertz CT molecular complexity index is 310. The van der Waals surface area contributed by atoms with Gasteiger partial charge in [0.05, 0.1) is 5.69 Å². The molecule has 2 rings (SSSR count). The van der Waals surface area contributed by atoms with E-state index in [1.165, 1.54) is 12.8 Å². The third-order valence-corrected chi connectivity index (χ3v) is 3.20. The van der Waals surface area contributed by atoms with E-state index in [4.69, 9.17) is 4.52 Å². The molecule has 1 aromatic rings. The molecule has 1 unspecified atom stereocenters. The highest BCUT2D eigenvalue weighted by atomic mass is 16.5. The molecule has 2 heterocycles. The second-order valence-corrected chi connectivity index (χ2v) is 5.36. The molecule has 4 heteroatoms. The maximum atomic E-state index is 4.89. The van der Waals surface area contributed by atoms with Gasteiger partial charge < -0.3 is 9.84 Å². The summed E-state index contributed by atoms with van der Waals surface area (Å²) in [5.74, 6) is 0.750. The molecule has 4 nitrogen and oxygen atoms in total. The first-order chi connectivity index (χ1) is 8.24. The Morgan fingerprint density at radius 2 is 2.47 bits per heavy atom. The fraction of sp³-hybridized carbons (Fsp3) is 0.769. The largest absolute Gasteiger partial charge is 0.364 e. The lowest BCUT2D eigenvalue weighted by Crippen LogP contribution is -2.38. The maximum Gasteiger partial charge on any atom is 0.124 e. The molecule has 1 saturated heterocycles. The SMILES string of the molecule is CC(C)CC1CN(Cc2ccon2)CCCN1. The Kier molecular flexibility index (Phi) is 4.57. The van der Waals surface area contributed by atoms with E-state index in [-0.39, 0.29) is 0 Å². The number of rotatable bonds is 4. The first-order valence-corrected chi connectivity index (χ1v) is 6.59. The van der Waals surface area contributed by atoms with Gasteiger partial charge in [-0.05, 0) is 31.8 Å². The van der Waals surface area contributed by atoms with Gasteiger partial charge in [0, 0.05) is 25.2 Å². The summed E-state index contributed by atoms with van der Waals surface area (Å²) in [6.07, 6.45) is 4.11. The van der Waals surface area contributed by atoms with E-state index < -0.39 is 0 Å². The predicted octanol–water partition coefficient (Wildman–Crippen LogP) is 1.88. The second-order valence-electron chi connectivity index (χ2n) is 5.36. The van der Waals surface area contributed by atoms with Crippen LogP contribution in [0.1, 0.15) is 32.4 Å². The van der Waals surface area contributed by atoms with Gasteiger partial charge in [-0.25, -0.2) is 0 Å². The van der Waals surface area contributed by atoms with Crippen LogP contribution >= 0.6 is 0 Å². The zero-order chi connectivity index (χ0) is 12.1. The van der Waals surface area contributed by atoms with Crippen LogP contribution in [0.4, 0.5) is 0 Å². The molecule has 1 aromatic heterocycles. The number of hydrogen-bond donors (Lipinski definition) is 1. The van der Waals surface area contributed by atoms with E-state index in [0.717, 1.165) is 37.8 Å². The number of hydrogen-bond acceptors (Lipinski definition) is 4. The molecule has 1 aliphatic rings. The van der Waals surface area contributed by atoms with Crippen LogP contribution in [0.15, 0.2) is 16.9 Å². The molecule has 1 fully saturated rings. The van der Waals surface area contributed by atoms with Crippen LogP contribution < -0.4 is 5.32 Å². The molecule has 0 radical (unpaired) electrons. The summed E-state index contributed by atoms with van der Waals surface area (Å²) in [6.45, 7) is 8.88. The van der Waals surface area contributed by atoms with E-state index in [0.29, 0.717) is 6.04 Å². The highest BCUT2D eigenvalue weighted by molar-refractivity contribution is 4.95. The summed E-state index contributed by atoms with van der Waals surface area (Å²) in [7, 11) is 0. The minimum atomic E-state index is 0.615. The summed E-state index contributed by atoms with van der Waals surface area (Å²) in [5.41, 5.74) is 1.04. The molecule has 0 spiro atoms. The average Bonchev–Trinajstić information content (AvgIpc) is 2.66. The third kappa shape index (κ3) is 4.13. The summed E-state index contributed by atoms with van der Waals surface area (Å²) in [5, 5.41) is 7.63. The van der Waals surface area contributed by atoms with E-state index >= 15 is 0 Å². The number of aromatic nitrogens is 1. The third-order valence-electron chi connectivity index (χ3n) is 3.20. The average molecular weight is 237 g/mol. The summed E-state index contributed by atoms with van der Waals surface area (Å²) < 4.78 is 4.89. The quantitative estimate of drug-likeness (QED) is 0.868. The first kappa shape index (κ1) is 12.6. The lowest BCUT2D eigenvalue weighted by atomic mass is 10.0. The van der Waals surface area contributed by atoms with Crippen molar-refractivity contribution in [3.63, 3.8) is 0 Å². The van der Waals surface area contributed by atoms with Crippen molar-refractivity contribution in [2.24, 2.45) is 5.92 Å². The van der Waals surface area contributed by atoms with Crippen LogP contribution in [-0.2, 0) is 6.54 Å². The molecular formula is C13H23N3O. The van der Waals surface area contributed by atoms with Crippen molar-refractivity contribution in [2.45, 2.75) is 39.3 Å². The van der Waals surface area contributed by atoms with Crippen LogP contribution in [0.2, 0.25) is 0 Å². The highest BCUT2D eigenvalue weighted by Gasteiger charge is 2.19. The number of nitrogens with one attached hydrogen (secondary N) is 1. The molecular weight excluding hydrogens is 214 g/mol. The van der Waals surface area contributed by atoms with Crippen molar-refractivity contribution >= 4 is 0 Å². The molecule has 0 aromatic carbocycles. The second kappa shape index (κ2) is 6.17.